The lowest BCUT2D eigenvalue weighted by Crippen LogP contribution is -2.15. The smallest absolute Gasteiger partial charge is 0.336 e. The van der Waals surface area contributed by atoms with E-state index in [-0.39, 0.29) is 17.0 Å². The molecule has 0 unspecified atom stereocenters. The summed E-state index contributed by atoms with van der Waals surface area (Å²) in [6.07, 6.45) is 0. The first-order valence-electron chi connectivity index (χ1n) is 4.98. The zero-order valence-electron chi connectivity index (χ0n) is 9.82. The molecule has 20 heavy (non-hydrogen) atoms. The number of nitrogens with one attached hydrogen (secondary N) is 2. The lowest BCUT2D eigenvalue weighted by Gasteiger charge is -2.08. The maximum atomic E-state index is 13.5. The van der Waals surface area contributed by atoms with Gasteiger partial charge in [0.15, 0.2) is 5.82 Å². The van der Waals surface area contributed by atoms with Crippen LogP contribution in [0.5, 0.6) is 6.01 Å². The number of ether oxygens (including phenoxy) is 1. The van der Waals surface area contributed by atoms with Crippen molar-refractivity contribution in [2.75, 3.05) is 11.8 Å². The van der Waals surface area contributed by atoms with Crippen LogP contribution < -0.4 is 9.46 Å². The van der Waals surface area contributed by atoms with E-state index in [9.17, 15) is 12.8 Å². The van der Waals surface area contributed by atoms with Gasteiger partial charge in [0.05, 0.1) is 17.2 Å². The molecule has 0 aliphatic carbocycles. The predicted octanol–water partition coefficient (Wildman–Crippen LogP) is 2.06. The van der Waals surface area contributed by atoms with Gasteiger partial charge in [-0.15, -0.1) is 5.10 Å². The minimum Gasteiger partial charge on any atom is -0.466 e. The predicted molar refractivity (Wildman–Crippen MR) is 70.2 cm³/mol. The number of halogens is 3. The van der Waals surface area contributed by atoms with Crippen molar-refractivity contribution in [1.29, 1.82) is 0 Å². The van der Waals surface area contributed by atoms with Crippen LogP contribution in [0.2, 0.25) is 10.0 Å². The third-order valence-corrected chi connectivity index (χ3v) is 4.32. The molecule has 0 radical (unpaired) electrons. The fraction of sp³-hybridized carbons (Fsp3) is 0.111. The molecular weight excluding hydrogens is 334 g/mol. The molecule has 0 fully saturated rings. The van der Waals surface area contributed by atoms with Gasteiger partial charge in [0.25, 0.3) is 10.0 Å². The summed E-state index contributed by atoms with van der Waals surface area (Å²) in [6, 6.07) is 2.10. The van der Waals surface area contributed by atoms with Gasteiger partial charge < -0.3 is 4.74 Å². The van der Waals surface area contributed by atoms with Gasteiger partial charge in [-0.1, -0.05) is 23.2 Å². The quantitative estimate of drug-likeness (QED) is 0.830. The molecule has 2 rings (SSSR count). The van der Waals surface area contributed by atoms with Crippen molar-refractivity contribution in [2.45, 2.75) is 4.90 Å². The van der Waals surface area contributed by atoms with Crippen molar-refractivity contribution in [2.24, 2.45) is 0 Å². The maximum Gasteiger partial charge on any atom is 0.336 e. The Morgan fingerprint density at radius 1 is 1.40 bits per heavy atom. The zero-order valence-corrected chi connectivity index (χ0v) is 12.1. The number of anilines is 1. The summed E-state index contributed by atoms with van der Waals surface area (Å²) in [6.45, 7) is 0. The van der Waals surface area contributed by atoms with Crippen LogP contribution in [0.25, 0.3) is 0 Å². The number of nitrogens with zero attached hydrogens (tertiary/aromatic N) is 2. The molecule has 7 nitrogen and oxygen atoms in total. The highest BCUT2D eigenvalue weighted by Crippen LogP contribution is 2.30. The van der Waals surface area contributed by atoms with E-state index in [0.29, 0.717) is 0 Å². The fourth-order valence-electron chi connectivity index (χ4n) is 1.28. The molecule has 0 saturated carbocycles. The fourth-order valence-corrected chi connectivity index (χ4v) is 2.99. The van der Waals surface area contributed by atoms with E-state index in [4.69, 9.17) is 23.2 Å². The number of H-pyrrole nitrogens is 1. The Labute approximate surface area is 123 Å². The van der Waals surface area contributed by atoms with Gasteiger partial charge in [0, 0.05) is 0 Å². The highest BCUT2D eigenvalue weighted by atomic mass is 35.5. The van der Waals surface area contributed by atoms with Crippen LogP contribution in [0, 0.1) is 5.82 Å². The van der Waals surface area contributed by atoms with Gasteiger partial charge in [-0.3, -0.25) is 0 Å². The Morgan fingerprint density at radius 2 is 2.10 bits per heavy atom. The van der Waals surface area contributed by atoms with E-state index in [1.54, 1.807) is 0 Å². The largest absolute Gasteiger partial charge is 0.466 e. The molecule has 0 saturated heterocycles. The highest BCUT2D eigenvalue weighted by molar-refractivity contribution is 7.92. The van der Waals surface area contributed by atoms with Crippen molar-refractivity contribution < 1.29 is 17.5 Å². The molecule has 1 heterocycles. The van der Waals surface area contributed by atoms with Crippen molar-refractivity contribution in [1.82, 2.24) is 15.2 Å². The summed E-state index contributed by atoms with van der Waals surface area (Å²) >= 11 is 11.1. The summed E-state index contributed by atoms with van der Waals surface area (Å²) in [5, 5.41) is 4.95. The van der Waals surface area contributed by atoms with E-state index in [0.717, 1.165) is 12.1 Å². The molecule has 2 N–H and O–H groups in total. The Balaban J connectivity index is 2.38. The normalized spacial score (nSPS) is 11.4. The monoisotopic (exact) mass is 340 g/mol. The second-order valence-corrected chi connectivity index (χ2v) is 5.89. The van der Waals surface area contributed by atoms with Crippen LogP contribution in [0.4, 0.5) is 10.3 Å². The van der Waals surface area contributed by atoms with Gasteiger partial charge in [-0.2, -0.15) is 4.98 Å². The molecule has 0 aliphatic heterocycles. The summed E-state index contributed by atoms with van der Waals surface area (Å²) in [5.41, 5.74) is 0. The molecule has 108 valence electrons. The van der Waals surface area contributed by atoms with E-state index in [2.05, 4.69) is 19.9 Å². The highest BCUT2D eigenvalue weighted by Gasteiger charge is 2.23. The molecular formula is C9H7Cl2FN4O3S. The van der Waals surface area contributed by atoms with Gasteiger partial charge in [-0.05, 0) is 12.1 Å². The molecule has 2 aromatic rings. The Bertz CT molecular complexity index is 750. The van der Waals surface area contributed by atoms with E-state index in [1.165, 1.54) is 7.11 Å². The average Bonchev–Trinajstić information content (AvgIpc) is 2.82. The molecule has 11 heteroatoms. The van der Waals surface area contributed by atoms with Gasteiger partial charge >= 0.3 is 6.01 Å². The van der Waals surface area contributed by atoms with E-state index >= 15 is 0 Å². The topological polar surface area (TPSA) is 97.0 Å². The van der Waals surface area contributed by atoms with Gasteiger partial charge in [0.2, 0.25) is 5.95 Å². The molecule has 0 spiro atoms. The first kappa shape index (κ1) is 14.8. The van der Waals surface area contributed by atoms with Gasteiger partial charge in [0.1, 0.15) is 4.90 Å². The van der Waals surface area contributed by atoms with Crippen LogP contribution in [0.15, 0.2) is 17.0 Å². The number of sulfonamides is 1. The second-order valence-electron chi connectivity index (χ2n) is 3.45. The average molecular weight is 341 g/mol. The number of aromatic nitrogens is 3. The first-order chi connectivity index (χ1) is 9.35. The number of methoxy groups -OCH3 is 1. The zero-order chi connectivity index (χ0) is 14.9. The van der Waals surface area contributed by atoms with Crippen LogP contribution in [0.3, 0.4) is 0 Å². The third-order valence-electron chi connectivity index (χ3n) is 2.17. The molecule has 0 bridgehead atoms. The number of benzene rings is 1. The molecule has 1 aromatic heterocycles. The third kappa shape index (κ3) is 2.79. The van der Waals surface area contributed by atoms with Crippen LogP contribution in [-0.2, 0) is 10.0 Å². The standard InChI is InChI=1S/C9H7Cl2FN4O3S/c1-19-9-13-8(14-15-9)16-20(17,18)5-3-2-4(10)7(12)6(5)11/h2-3H,1H3,(H2,13,14,15,16). The van der Waals surface area contributed by atoms with Crippen molar-refractivity contribution in [3.05, 3.63) is 28.0 Å². The Morgan fingerprint density at radius 3 is 2.70 bits per heavy atom. The van der Waals surface area contributed by atoms with Crippen molar-refractivity contribution >= 4 is 39.2 Å². The number of hydrogen-bond acceptors (Lipinski definition) is 5. The van der Waals surface area contributed by atoms with Crippen molar-refractivity contribution in [3.63, 3.8) is 0 Å². The number of aromatic amines is 1. The first-order valence-corrected chi connectivity index (χ1v) is 7.22. The summed E-state index contributed by atoms with van der Waals surface area (Å²) in [7, 11) is -2.84. The van der Waals surface area contributed by atoms with Crippen LogP contribution in [-0.4, -0.2) is 30.7 Å². The second kappa shape index (κ2) is 5.43. The van der Waals surface area contributed by atoms with Gasteiger partial charge in [-0.25, -0.2) is 22.6 Å². The minimum absolute atomic E-state index is 0.0592. The van der Waals surface area contributed by atoms with E-state index in [1.807, 2.05) is 4.72 Å². The summed E-state index contributed by atoms with van der Waals surface area (Å²) in [4.78, 5) is 3.19. The number of hydrogen-bond donors (Lipinski definition) is 2. The van der Waals surface area contributed by atoms with Crippen LogP contribution in [0.1, 0.15) is 0 Å². The SMILES string of the molecule is COc1n[nH]c(NS(=O)(=O)c2ccc(Cl)c(F)c2Cl)n1. The summed E-state index contributed by atoms with van der Waals surface area (Å²) < 4.78 is 44.3. The maximum absolute atomic E-state index is 13.5. The molecule has 0 atom stereocenters. The Hall–Kier alpha value is -1.58. The minimum atomic E-state index is -4.15. The van der Waals surface area contributed by atoms with E-state index < -0.39 is 25.8 Å². The lowest BCUT2D eigenvalue weighted by molar-refractivity contribution is 0.382. The van der Waals surface area contributed by atoms with Crippen LogP contribution >= 0.6 is 23.2 Å². The molecule has 0 aliphatic rings. The lowest BCUT2D eigenvalue weighted by atomic mass is 10.3. The van der Waals surface area contributed by atoms with Crippen molar-refractivity contribution in [3.8, 4) is 6.01 Å². The molecule has 1 aromatic carbocycles. The Kier molecular flexibility index (Phi) is 4.02. The summed E-state index contributed by atoms with van der Waals surface area (Å²) in [5.74, 6) is -1.22. The molecule has 0 amide bonds. The number of rotatable bonds is 4.